The number of benzene rings is 6. The Morgan fingerprint density at radius 3 is 1.52 bits per heavy atom. The van der Waals surface area contributed by atoms with Crippen molar-refractivity contribution in [1.82, 2.24) is 4.67 Å². The van der Waals surface area contributed by atoms with E-state index in [4.69, 9.17) is 4.74 Å². The number of ether oxygens (including phenoxy) is 1. The molecular weight excluding hydrogens is 680 g/mol. The van der Waals surface area contributed by atoms with E-state index in [0.29, 0.717) is 18.1 Å². The molecule has 6 aromatic rings. The largest absolute Gasteiger partial charge is 0.457 e. The first-order valence-corrected chi connectivity index (χ1v) is 21.3. The summed E-state index contributed by atoms with van der Waals surface area (Å²) in [4.78, 5) is 26.5. The Morgan fingerprint density at radius 1 is 0.596 bits per heavy atom. The van der Waals surface area contributed by atoms with Gasteiger partial charge in [0, 0.05) is 12.3 Å². The standard InChI is InChI=1S/C45H43NO4P2/c47-45(35-51(39-20-8-2-9-21-39,40-22-10-3-11-23-40)41-24-12-4-13-25-41)50-44-29-17-16-28-43(44)46(52(48,49)42-26-14-5-15-27-42)34-36-30-32-38(33-31-36)37-18-6-1-7-19-37/h1-15,18-27,30-33,35,43-44H,16-17,28-29,34H2,(H,48,49)/t43-,44-/m1/s1. The maximum Gasteiger partial charge on any atom is 0.332 e. The van der Waals surface area contributed by atoms with Crippen LogP contribution in [0.4, 0.5) is 0 Å². The normalized spacial score (nSPS) is 17.2. The van der Waals surface area contributed by atoms with Gasteiger partial charge in [0.1, 0.15) is 6.10 Å². The zero-order valence-corrected chi connectivity index (χ0v) is 30.8. The summed E-state index contributed by atoms with van der Waals surface area (Å²) in [6.45, 7) is -2.37. The molecule has 0 aliphatic heterocycles. The lowest BCUT2D eigenvalue weighted by molar-refractivity contribution is -0.144. The molecule has 1 aliphatic carbocycles. The summed E-state index contributed by atoms with van der Waals surface area (Å²) in [5.74, 6) is 1.39. The number of hydrogen-bond acceptors (Lipinski definition) is 3. The van der Waals surface area contributed by atoms with Crippen LogP contribution in [0.5, 0.6) is 0 Å². The summed E-state index contributed by atoms with van der Waals surface area (Å²) >= 11 is 0. The molecular formula is C45H43NO4P2. The van der Waals surface area contributed by atoms with Crippen LogP contribution in [0, 0.1) is 0 Å². The molecule has 1 fully saturated rings. The third-order valence-electron chi connectivity index (χ3n) is 9.95. The van der Waals surface area contributed by atoms with E-state index in [-0.39, 0.29) is 6.54 Å². The van der Waals surface area contributed by atoms with Gasteiger partial charge < -0.3 is 9.63 Å². The Bertz CT molecular complexity index is 2060. The van der Waals surface area contributed by atoms with E-state index in [1.165, 1.54) is 0 Å². The third kappa shape index (κ3) is 7.70. The van der Waals surface area contributed by atoms with Gasteiger partial charge in [0.2, 0.25) is 0 Å². The highest BCUT2D eigenvalue weighted by Crippen LogP contribution is 2.50. The molecule has 1 aliphatic rings. The lowest BCUT2D eigenvalue weighted by atomic mass is 9.92. The first-order valence-electron chi connectivity index (χ1n) is 17.9. The Hall–Kier alpha value is -4.76. The van der Waals surface area contributed by atoms with E-state index in [0.717, 1.165) is 45.4 Å². The van der Waals surface area contributed by atoms with Crippen molar-refractivity contribution in [2.45, 2.75) is 44.4 Å². The number of esters is 1. The second-order valence-corrected chi connectivity index (χ2v) is 18.6. The molecule has 6 aromatic carbocycles. The maximum absolute atomic E-state index is 14.7. The molecule has 0 radical (unpaired) electrons. The van der Waals surface area contributed by atoms with Crippen molar-refractivity contribution < 1.29 is 19.0 Å². The van der Waals surface area contributed by atoms with Gasteiger partial charge in [-0.1, -0.05) is 170 Å². The van der Waals surface area contributed by atoms with E-state index in [9.17, 15) is 14.3 Å². The highest BCUT2D eigenvalue weighted by Gasteiger charge is 2.42. The zero-order valence-electron chi connectivity index (χ0n) is 29.0. The molecule has 0 heterocycles. The van der Waals surface area contributed by atoms with E-state index >= 15 is 0 Å². The van der Waals surface area contributed by atoms with Gasteiger partial charge in [-0.15, -0.1) is 0 Å². The van der Waals surface area contributed by atoms with Crippen LogP contribution in [0.3, 0.4) is 0 Å². The Labute approximate surface area is 307 Å². The summed E-state index contributed by atoms with van der Waals surface area (Å²) in [7, 11) is -4.09. The van der Waals surface area contributed by atoms with E-state index in [1.807, 2.05) is 91.0 Å². The molecule has 1 saturated carbocycles. The lowest BCUT2D eigenvalue weighted by Gasteiger charge is -2.41. The fraction of sp³-hybridized carbons (Fsp3) is 0.156. The number of hydrogen-bond donors (Lipinski definition) is 1. The van der Waals surface area contributed by atoms with Crippen molar-refractivity contribution in [1.29, 1.82) is 0 Å². The van der Waals surface area contributed by atoms with Gasteiger partial charge >= 0.3 is 5.97 Å². The smallest absolute Gasteiger partial charge is 0.332 e. The number of rotatable bonds is 11. The van der Waals surface area contributed by atoms with Crippen LogP contribution in [0.25, 0.3) is 11.1 Å². The number of carbonyl (C=O) groups excluding carboxylic acids is 1. The first kappa shape index (κ1) is 35.6. The molecule has 7 rings (SSSR count). The molecule has 1 N–H and O–H groups in total. The second-order valence-electron chi connectivity index (χ2n) is 13.2. The molecule has 52 heavy (non-hydrogen) atoms. The monoisotopic (exact) mass is 723 g/mol. The van der Waals surface area contributed by atoms with Crippen LogP contribution in [0.15, 0.2) is 176 Å². The molecule has 0 spiro atoms. The summed E-state index contributed by atoms with van der Waals surface area (Å²) in [6, 6.07) is 57.3. The lowest BCUT2D eigenvalue weighted by Crippen LogP contribution is -2.47. The summed E-state index contributed by atoms with van der Waals surface area (Å²) in [5.41, 5.74) is 3.10. The van der Waals surface area contributed by atoms with Crippen LogP contribution in [0.2, 0.25) is 0 Å². The van der Waals surface area contributed by atoms with E-state index < -0.39 is 32.5 Å². The molecule has 3 atom stereocenters. The molecule has 0 saturated heterocycles. The topological polar surface area (TPSA) is 66.8 Å². The van der Waals surface area contributed by atoms with Gasteiger partial charge in [-0.05, 0) is 70.9 Å². The number of nitrogens with zero attached hydrogens (tertiary/aromatic N) is 1. The Morgan fingerprint density at radius 2 is 1.02 bits per heavy atom. The average Bonchev–Trinajstić information content (AvgIpc) is 3.21. The van der Waals surface area contributed by atoms with E-state index in [2.05, 4.69) is 60.7 Å². The van der Waals surface area contributed by atoms with Crippen LogP contribution >= 0.6 is 14.4 Å². The average molecular weight is 724 g/mol. The summed E-state index contributed by atoms with van der Waals surface area (Å²) < 4.78 is 22.9. The van der Waals surface area contributed by atoms with Crippen molar-refractivity contribution in [3.8, 4) is 11.1 Å². The Balaban J connectivity index is 1.27. The molecule has 262 valence electrons. The second kappa shape index (κ2) is 16.3. The minimum atomic E-state index is -4.09. The zero-order chi connectivity index (χ0) is 35.8. The summed E-state index contributed by atoms with van der Waals surface area (Å²) in [6.07, 6.45) is 2.40. The van der Waals surface area contributed by atoms with Crippen LogP contribution < -0.4 is 21.2 Å². The minimum absolute atomic E-state index is 0.231. The SMILES string of the molecule is O=C(C=P(c1ccccc1)(c1ccccc1)c1ccccc1)O[C@@H]1CCCC[C@H]1N(Cc1ccc(-c2ccccc2)cc1)P(=O)(O)c1ccccc1. The van der Waals surface area contributed by atoms with Crippen molar-refractivity contribution in [2.75, 3.05) is 0 Å². The van der Waals surface area contributed by atoms with Crippen LogP contribution in [0.1, 0.15) is 31.2 Å². The molecule has 0 bridgehead atoms. The van der Waals surface area contributed by atoms with Crippen molar-refractivity contribution in [3.63, 3.8) is 0 Å². The van der Waals surface area contributed by atoms with E-state index in [1.54, 1.807) is 34.7 Å². The van der Waals surface area contributed by atoms with Gasteiger partial charge in [-0.25, -0.2) is 9.46 Å². The predicted molar refractivity (Wildman–Crippen MR) is 217 cm³/mol. The minimum Gasteiger partial charge on any atom is -0.457 e. The predicted octanol–water partition coefficient (Wildman–Crippen LogP) is 8.32. The molecule has 7 heteroatoms. The van der Waals surface area contributed by atoms with Gasteiger partial charge in [0.05, 0.1) is 11.3 Å². The summed E-state index contributed by atoms with van der Waals surface area (Å²) in [5, 5.41) is 3.51. The number of carbonyl (C=O) groups is 1. The van der Waals surface area contributed by atoms with Gasteiger partial charge in [0.25, 0.3) is 7.52 Å². The van der Waals surface area contributed by atoms with Crippen LogP contribution in [-0.4, -0.2) is 33.5 Å². The van der Waals surface area contributed by atoms with Crippen molar-refractivity contribution in [2.24, 2.45) is 0 Å². The molecule has 1 unspecified atom stereocenters. The quantitative estimate of drug-likeness (QED) is 0.108. The highest BCUT2D eigenvalue weighted by molar-refractivity contribution is 7.95. The van der Waals surface area contributed by atoms with Gasteiger partial charge in [0.15, 0.2) is 0 Å². The molecule has 5 nitrogen and oxygen atoms in total. The Kier molecular flexibility index (Phi) is 11.2. The molecule has 0 amide bonds. The third-order valence-corrected chi connectivity index (χ3v) is 16.0. The van der Waals surface area contributed by atoms with Crippen molar-refractivity contribution in [3.05, 3.63) is 181 Å². The molecule has 0 aromatic heterocycles. The fourth-order valence-corrected chi connectivity index (χ4v) is 12.9. The highest BCUT2D eigenvalue weighted by atomic mass is 31.2. The van der Waals surface area contributed by atoms with Crippen molar-refractivity contribution >= 4 is 47.4 Å². The van der Waals surface area contributed by atoms with Gasteiger partial charge in [-0.2, -0.15) is 0 Å². The fourth-order valence-electron chi connectivity index (χ4n) is 7.36. The van der Waals surface area contributed by atoms with Crippen LogP contribution in [-0.2, 0) is 20.6 Å². The van der Waals surface area contributed by atoms with Gasteiger partial charge in [-0.3, -0.25) is 4.57 Å². The first-order chi connectivity index (χ1) is 25.4. The maximum atomic E-state index is 14.7.